The van der Waals surface area contributed by atoms with Crippen LogP contribution in [0.1, 0.15) is 6.42 Å². The smallest absolute Gasteiger partial charge is 0.312 e. The number of aliphatic hydroxyl groups excluding tert-OH is 1. The fourth-order valence-electron chi connectivity index (χ4n) is 0.757. The second-order valence-electron chi connectivity index (χ2n) is 2.47. The lowest BCUT2D eigenvalue weighted by atomic mass is 10.3. The van der Waals surface area contributed by atoms with E-state index in [1.165, 1.54) is 7.11 Å². The number of amides is 1. The summed E-state index contributed by atoms with van der Waals surface area (Å²) in [6.45, 7) is -0.124. The maximum atomic E-state index is 10.8. The van der Waals surface area contributed by atoms with Gasteiger partial charge in [0.1, 0.15) is 6.42 Å². The number of methoxy groups -OCH3 is 1. The SMILES string of the molecule is COCC(CO)NC(=O)CC(=O)O. The molecule has 0 fully saturated rings. The van der Waals surface area contributed by atoms with Crippen molar-refractivity contribution in [2.45, 2.75) is 12.5 Å². The van der Waals surface area contributed by atoms with Crippen molar-refractivity contribution in [1.82, 2.24) is 5.32 Å². The first-order chi connectivity index (χ1) is 6.10. The minimum Gasteiger partial charge on any atom is -0.481 e. The van der Waals surface area contributed by atoms with E-state index in [0.29, 0.717) is 0 Å². The molecule has 0 aliphatic heterocycles. The highest BCUT2D eigenvalue weighted by molar-refractivity contribution is 5.93. The average Bonchev–Trinajstić information content (AvgIpc) is 2.02. The molecule has 0 heterocycles. The van der Waals surface area contributed by atoms with E-state index >= 15 is 0 Å². The van der Waals surface area contributed by atoms with Gasteiger partial charge in [-0.05, 0) is 0 Å². The Balaban J connectivity index is 3.79. The number of carboxylic acids is 1. The number of aliphatic carboxylic acids is 1. The lowest BCUT2D eigenvalue weighted by Gasteiger charge is -2.13. The number of hydrogen-bond donors (Lipinski definition) is 3. The Morgan fingerprint density at radius 3 is 2.54 bits per heavy atom. The summed E-state index contributed by atoms with van der Waals surface area (Å²) in [6, 6.07) is -0.545. The van der Waals surface area contributed by atoms with Crippen molar-refractivity contribution in [3.05, 3.63) is 0 Å². The summed E-state index contributed by atoms with van der Waals surface area (Å²) in [6.07, 6.45) is -0.597. The maximum Gasteiger partial charge on any atom is 0.312 e. The van der Waals surface area contributed by atoms with Crippen LogP contribution in [0.2, 0.25) is 0 Å². The second kappa shape index (κ2) is 6.38. The van der Waals surface area contributed by atoms with Gasteiger partial charge < -0.3 is 20.3 Å². The van der Waals surface area contributed by atoms with Crippen LogP contribution < -0.4 is 5.32 Å². The summed E-state index contributed by atoms with van der Waals surface area (Å²) < 4.78 is 4.68. The zero-order valence-corrected chi connectivity index (χ0v) is 7.32. The highest BCUT2D eigenvalue weighted by atomic mass is 16.5. The largest absolute Gasteiger partial charge is 0.481 e. The average molecular weight is 191 g/mol. The van der Waals surface area contributed by atoms with Crippen LogP contribution in [0.15, 0.2) is 0 Å². The third-order valence-electron chi connectivity index (χ3n) is 1.27. The summed E-state index contributed by atoms with van der Waals surface area (Å²) in [5.74, 6) is -1.84. The van der Waals surface area contributed by atoms with E-state index in [1.807, 2.05) is 0 Å². The van der Waals surface area contributed by atoms with Gasteiger partial charge in [-0.25, -0.2) is 0 Å². The Hall–Kier alpha value is -1.14. The summed E-state index contributed by atoms with van der Waals surface area (Å²) in [5, 5.41) is 19.2. The van der Waals surface area contributed by atoms with Crippen LogP contribution in [-0.4, -0.2) is 48.5 Å². The molecule has 6 heteroatoms. The Morgan fingerprint density at radius 1 is 1.54 bits per heavy atom. The first-order valence-electron chi connectivity index (χ1n) is 3.71. The molecule has 0 saturated carbocycles. The molecular weight excluding hydrogens is 178 g/mol. The van der Waals surface area contributed by atoms with Crippen LogP contribution in [0.5, 0.6) is 0 Å². The number of nitrogens with one attached hydrogen (secondary N) is 1. The molecule has 76 valence electrons. The van der Waals surface area contributed by atoms with E-state index in [0.717, 1.165) is 0 Å². The van der Waals surface area contributed by atoms with Crippen LogP contribution in [0.3, 0.4) is 0 Å². The molecule has 3 N–H and O–H groups in total. The normalized spacial score (nSPS) is 12.2. The Labute approximate surface area is 75.5 Å². The minimum absolute atomic E-state index is 0.155. The molecule has 0 rings (SSSR count). The summed E-state index contributed by atoms with van der Waals surface area (Å²) in [7, 11) is 1.42. The van der Waals surface area contributed by atoms with Gasteiger partial charge in [0.05, 0.1) is 19.3 Å². The molecule has 0 aliphatic rings. The fourth-order valence-corrected chi connectivity index (χ4v) is 0.757. The van der Waals surface area contributed by atoms with Gasteiger partial charge >= 0.3 is 5.97 Å². The van der Waals surface area contributed by atoms with E-state index < -0.39 is 24.3 Å². The zero-order valence-electron chi connectivity index (χ0n) is 7.32. The summed E-state index contributed by atoms with van der Waals surface area (Å²) >= 11 is 0. The molecule has 0 bridgehead atoms. The zero-order chi connectivity index (χ0) is 10.3. The van der Waals surface area contributed by atoms with Gasteiger partial charge in [-0.2, -0.15) is 0 Å². The van der Waals surface area contributed by atoms with Gasteiger partial charge in [-0.1, -0.05) is 0 Å². The van der Waals surface area contributed by atoms with Crippen molar-refractivity contribution >= 4 is 11.9 Å². The molecular formula is C7H13NO5. The molecule has 0 aliphatic carbocycles. The van der Waals surface area contributed by atoms with Gasteiger partial charge in [0, 0.05) is 7.11 Å². The van der Waals surface area contributed by atoms with Crippen LogP contribution in [0.25, 0.3) is 0 Å². The number of carbonyl (C=O) groups excluding carboxylic acids is 1. The van der Waals surface area contributed by atoms with Crippen molar-refractivity contribution in [1.29, 1.82) is 0 Å². The summed E-state index contributed by atoms with van der Waals surface area (Å²) in [5.41, 5.74) is 0. The number of ether oxygens (including phenoxy) is 1. The molecule has 0 aromatic rings. The highest BCUT2D eigenvalue weighted by Crippen LogP contribution is 1.86. The summed E-state index contributed by atoms with van der Waals surface area (Å²) in [4.78, 5) is 20.9. The van der Waals surface area contributed by atoms with Crippen molar-refractivity contribution < 1.29 is 24.5 Å². The molecule has 0 saturated heterocycles. The van der Waals surface area contributed by atoms with Gasteiger partial charge in [0.25, 0.3) is 0 Å². The number of aliphatic hydroxyl groups is 1. The lowest BCUT2D eigenvalue weighted by Crippen LogP contribution is -2.41. The lowest BCUT2D eigenvalue weighted by molar-refractivity contribution is -0.141. The number of rotatable bonds is 6. The molecule has 0 spiro atoms. The van der Waals surface area contributed by atoms with Crippen molar-refractivity contribution in [3.63, 3.8) is 0 Å². The monoisotopic (exact) mass is 191 g/mol. The standard InChI is InChI=1S/C7H13NO5/c1-13-4-5(3-9)8-6(10)2-7(11)12/h5,9H,2-4H2,1H3,(H,8,10)(H,11,12). The Morgan fingerprint density at radius 2 is 2.15 bits per heavy atom. The molecule has 13 heavy (non-hydrogen) atoms. The predicted molar refractivity (Wildman–Crippen MR) is 43.1 cm³/mol. The van der Waals surface area contributed by atoms with Gasteiger partial charge in [-0.3, -0.25) is 9.59 Å². The third kappa shape index (κ3) is 6.06. The van der Waals surface area contributed by atoms with Crippen LogP contribution in [0, 0.1) is 0 Å². The van der Waals surface area contributed by atoms with Gasteiger partial charge in [0.15, 0.2) is 0 Å². The van der Waals surface area contributed by atoms with Crippen molar-refractivity contribution in [2.75, 3.05) is 20.3 Å². The number of carboxylic acid groups (broad SMARTS) is 1. The first-order valence-corrected chi connectivity index (χ1v) is 3.71. The van der Waals surface area contributed by atoms with Crippen molar-refractivity contribution in [2.24, 2.45) is 0 Å². The van der Waals surface area contributed by atoms with Crippen LogP contribution in [0.4, 0.5) is 0 Å². The molecule has 0 radical (unpaired) electrons. The molecule has 6 nitrogen and oxygen atoms in total. The quantitative estimate of drug-likeness (QED) is 0.448. The Bertz CT molecular complexity index is 182. The van der Waals surface area contributed by atoms with Gasteiger partial charge in [-0.15, -0.1) is 0 Å². The maximum absolute atomic E-state index is 10.8. The second-order valence-corrected chi connectivity index (χ2v) is 2.47. The molecule has 1 unspecified atom stereocenters. The van der Waals surface area contributed by atoms with E-state index in [9.17, 15) is 9.59 Å². The Kier molecular flexibility index (Phi) is 5.82. The van der Waals surface area contributed by atoms with E-state index in [4.69, 9.17) is 10.2 Å². The van der Waals surface area contributed by atoms with E-state index in [2.05, 4.69) is 10.1 Å². The topological polar surface area (TPSA) is 95.9 Å². The highest BCUT2D eigenvalue weighted by Gasteiger charge is 2.13. The van der Waals surface area contributed by atoms with Crippen LogP contribution >= 0.6 is 0 Å². The minimum atomic E-state index is -1.20. The fraction of sp³-hybridized carbons (Fsp3) is 0.714. The number of hydrogen-bond acceptors (Lipinski definition) is 4. The predicted octanol–water partition coefficient (Wildman–Crippen LogP) is -1.42. The molecule has 1 atom stereocenters. The molecule has 0 aromatic heterocycles. The van der Waals surface area contributed by atoms with E-state index in [1.54, 1.807) is 0 Å². The molecule has 1 amide bonds. The first kappa shape index (κ1) is 11.9. The van der Waals surface area contributed by atoms with E-state index in [-0.39, 0.29) is 13.2 Å². The van der Waals surface area contributed by atoms with Crippen LogP contribution in [-0.2, 0) is 14.3 Å². The third-order valence-corrected chi connectivity index (χ3v) is 1.27. The van der Waals surface area contributed by atoms with Gasteiger partial charge in [0.2, 0.25) is 5.91 Å². The van der Waals surface area contributed by atoms with Crippen molar-refractivity contribution in [3.8, 4) is 0 Å². The molecule has 0 aromatic carbocycles. The number of carbonyl (C=O) groups is 2.